The van der Waals surface area contributed by atoms with Crippen LogP contribution in [0.5, 0.6) is 11.5 Å². The fourth-order valence-corrected chi connectivity index (χ4v) is 5.70. The number of nitrogens with zero attached hydrogens (tertiary/aromatic N) is 3. The topological polar surface area (TPSA) is 66.5 Å². The average molecular weight is 495 g/mol. The molecule has 2 aromatic carbocycles. The van der Waals surface area contributed by atoms with Gasteiger partial charge in [-0.2, -0.15) is 0 Å². The molecule has 0 saturated carbocycles. The Bertz CT molecular complexity index is 1020. The van der Waals surface area contributed by atoms with E-state index in [1.807, 2.05) is 18.2 Å². The second kappa shape index (κ2) is 11.4. The number of anilines is 2. The number of carbonyl (C=O) groups is 1. The van der Waals surface area contributed by atoms with Gasteiger partial charge in [-0.1, -0.05) is 6.07 Å². The van der Waals surface area contributed by atoms with E-state index in [2.05, 4.69) is 44.3 Å². The number of piperazine rings is 1. The van der Waals surface area contributed by atoms with E-state index in [9.17, 15) is 4.79 Å². The molecule has 2 saturated heterocycles. The van der Waals surface area contributed by atoms with Crippen molar-refractivity contribution in [3.05, 3.63) is 48.0 Å². The van der Waals surface area contributed by atoms with Crippen LogP contribution in [0.3, 0.4) is 0 Å². The summed E-state index contributed by atoms with van der Waals surface area (Å²) >= 11 is 0. The predicted molar refractivity (Wildman–Crippen MR) is 141 cm³/mol. The molecule has 2 aromatic rings. The van der Waals surface area contributed by atoms with E-state index in [-0.39, 0.29) is 17.9 Å². The Morgan fingerprint density at radius 2 is 1.75 bits per heavy atom. The zero-order valence-corrected chi connectivity index (χ0v) is 21.4. The van der Waals surface area contributed by atoms with Crippen LogP contribution in [0.15, 0.2) is 42.5 Å². The quantitative estimate of drug-likeness (QED) is 0.566. The van der Waals surface area contributed by atoms with Crippen molar-refractivity contribution in [3.63, 3.8) is 0 Å². The van der Waals surface area contributed by atoms with Crippen molar-refractivity contribution in [2.45, 2.75) is 18.9 Å². The first-order chi connectivity index (χ1) is 17.7. The SMILES string of the molecule is COc1ccc(N2CCN3c4cc(OC)ccc4C[C@H](C(=O)NCCCN4CCOCC4)[C@H]3C2)cc1. The van der Waals surface area contributed by atoms with Crippen molar-refractivity contribution in [2.75, 3.05) is 83.0 Å². The molecule has 2 fully saturated rings. The van der Waals surface area contributed by atoms with Gasteiger partial charge in [0.1, 0.15) is 11.5 Å². The lowest BCUT2D eigenvalue weighted by Gasteiger charge is -2.49. The molecule has 0 radical (unpaired) electrons. The maximum atomic E-state index is 13.5. The van der Waals surface area contributed by atoms with E-state index >= 15 is 0 Å². The third-order valence-corrected chi connectivity index (χ3v) is 7.75. The lowest BCUT2D eigenvalue weighted by molar-refractivity contribution is -0.125. The van der Waals surface area contributed by atoms with Crippen molar-refractivity contribution in [1.29, 1.82) is 0 Å². The molecular weight excluding hydrogens is 456 g/mol. The van der Waals surface area contributed by atoms with Crippen LogP contribution in [0.25, 0.3) is 0 Å². The highest BCUT2D eigenvalue weighted by Crippen LogP contribution is 2.39. The fraction of sp³-hybridized carbons (Fsp3) is 0.536. The van der Waals surface area contributed by atoms with Gasteiger partial charge in [0.05, 0.1) is 39.4 Å². The van der Waals surface area contributed by atoms with Gasteiger partial charge in [0, 0.05) is 56.7 Å². The first-order valence-corrected chi connectivity index (χ1v) is 13.1. The largest absolute Gasteiger partial charge is 0.497 e. The lowest BCUT2D eigenvalue weighted by Crippen LogP contribution is -2.61. The molecule has 3 aliphatic heterocycles. The molecule has 0 bridgehead atoms. The van der Waals surface area contributed by atoms with E-state index in [1.165, 1.54) is 11.3 Å². The highest BCUT2D eigenvalue weighted by molar-refractivity contribution is 5.82. The van der Waals surface area contributed by atoms with Crippen LogP contribution < -0.4 is 24.6 Å². The molecule has 1 amide bonds. The minimum atomic E-state index is -0.102. The van der Waals surface area contributed by atoms with Gasteiger partial charge in [-0.15, -0.1) is 0 Å². The second-order valence-corrected chi connectivity index (χ2v) is 9.81. The highest BCUT2D eigenvalue weighted by Gasteiger charge is 2.41. The first kappa shape index (κ1) is 24.7. The molecule has 5 rings (SSSR count). The molecule has 8 nitrogen and oxygen atoms in total. The van der Waals surface area contributed by atoms with Gasteiger partial charge < -0.3 is 29.3 Å². The number of morpholine rings is 1. The van der Waals surface area contributed by atoms with Crippen molar-refractivity contribution in [1.82, 2.24) is 10.2 Å². The summed E-state index contributed by atoms with van der Waals surface area (Å²) < 4.78 is 16.3. The molecule has 0 spiro atoms. The summed E-state index contributed by atoms with van der Waals surface area (Å²) in [7, 11) is 3.39. The predicted octanol–water partition coefficient (Wildman–Crippen LogP) is 2.41. The summed E-state index contributed by atoms with van der Waals surface area (Å²) in [6.45, 7) is 7.83. The number of hydrogen-bond acceptors (Lipinski definition) is 7. The van der Waals surface area contributed by atoms with Gasteiger partial charge in [-0.05, 0) is 55.3 Å². The van der Waals surface area contributed by atoms with Gasteiger partial charge in [-0.25, -0.2) is 0 Å². The maximum absolute atomic E-state index is 13.5. The number of carbonyl (C=O) groups excluding carboxylic acids is 1. The molecule has 2 atom stereocenters. The van der Waals surface area contributed by atoms with E-state index < -0.39 is 0 Å². The second-order valence-electron chi connectivity index (χ2n) is 9.81. The molecule has 3 aliphatic rings. The third-order valence-electron chi connectivity index (χ3n) is 7.75. The molecule has 1 N–H and O–H groups in total. The number of fused-ring (bicyclic) bond motifs is 3. The summed E-state index contributed by atoms with van der Waals surface area (Å²) in [5.74, 6) is 1.77. The number of methoxy groups -OCH3 is 2. The monoisotopic (exact) mass is 494 g/mol. The number of rotatable bonds is 8. The summed E-state index contributed by atoms with van der Waals surface area (Å²) in [5.41, 5.74) is 3.58. The van der Waals surface area contributed by atoms with Crippen LogP contribution in [0.2, 0.25) is 0 Å². The summed E-state index contributed by atoms with van der Waals surface area (Å²) in [5, 5.41) is 3.26. The Morgan fingerprint density at radius 3 is 2.50 bits per heavy atom. The lowest BCUT2D eigenvalue weighted by atomic mass is 9.83. The molecule has 0 aromatic heterocycles. The zero-order valence-electron chi connectivity index (χ0n) is 21.4. The van der Waals surface area contributed by atoms with Crippen LogP contribution in [0, 0.1) is 5.92 Å². The van der Waals surface area contributed by atoms with Gasteiger partial charge >= 0.3 is 0 Å². The molecule has 0 aliphatic carbocycles. The summed E-state index contributed by atoms with van der Waals surface area (Å²) in [6, 6.07) is 14.6. The number of hydrogen-bond donors (Lipinski definition) is 1. The van der Waals surface area contributed by atoms with E-state index in [0.717, 1.165) is 82.5 Å². The Kier molecular flexibility index (Phi) is 7.82. The van der Waals surface area contributed by atoms with Gasteiger partial charge in [0.25, 0.3) is 0 Å². The van der Waals surface area contributed by atoms with Crippen molar-refractivity contribution in [3.8, 4) is 11.5 Å². The third kappa shape index (κ3) is 5.39. The maximum Gasteiger partial charge on any atom is 0.225 e. The van der Waals surface area contributed by atoms with Crippen LogP contribution in [-0.2, 0) is 16.0 Å². The van der Waals surface area contributed by atoms with Crippen LogP contribution in [-0.4, -0.2) is 90.1 Å². The number of benzene rings is 2. The van der Waals surface area contributed by atoms with E-state index in [1.54, 1.807) is 14.2 Å². The Balaban J connectivity index is 1.30. The molecule has 36 heavy (non-hydrogen) atoms. The average Bonchev–Trinajstić information content (AvgIpc) is 2.94. The molecule has 194 valence electrons. The van der Waals surface area contributed by atoms with Gasteiger partial charge in [0.2, 0.25) is 5.91 Å². The van der Waals surface area contributed by atoms with Crippen molar-refractivity contribution >= 4 is 17.3 Å². The number of nitrogens with one attached hydrogen (secondary N) is 1. The minimum Gasteiger partial charge on any atom is -0.497 e. The summed E-state index contributed by atoms with van der Waals surface area (Å²) in [4.78, 5) is 20.8. The first-order valence-electron chi connectivity index (χ1n) is 13.1. The highest BCUT2D eigenvalue weighted by atomic mass is 16.5. The Morgan fingerprint density at radius 1 is 1.00 bits per heavy atom. The van der Waals surface area contributed by atoms with Crippen molar-refractivity contribution < 1.29 is 19.0 Å². The van der Waals surface area contributed by atoms with E-state index in [0.29, 0.717) is 6.54 Å². The number of amides is 1. The standard InChI is InChI=1S/C28H38N4O4/c1-34-23-8-5-22(6-9-23)31-12-13-32-26-19-24(35-2)7-4-21(26)18-25(27(32)20-31)28(33)29-10-3-11-30-14-16-36-17-15-30/h4-9,19,25,27H,3,10-18,20H2,1-2H3,(H,29,33)/t25-,27+/m0/s1. The van der Waals surface area contributed by atoms with Gasteiger partial charge in [-0.3, -0.25) is 9.69 Å². The normalized spacial score (nSPS) is 21.9. The zero-order chi connectivity index (χ0) is 24.9. The van der Waals surface area contributed by atoms with Gasteiger partial charge in [0.15, 0.2) is 0 Å². The molecule has 0 unspecified atom stereocenters. The Labute approximate surface area is 214 Å². The molecule has 8 heteroatoms. The fourth-order valence-electron chi connectivity index (χ4n) is 5.70. The minimum absolute atomic E-state index is 0.0969. The van der Waals surface area contributed by atoms with Crippen LogP contribution >= 0.6 is 0 Å². The smallest absolute Gasteiger partial charge is 0.225 e. The van der Waals surface area contributed by atoms with Crippen molar-refractivity contribution in [2.24, 2.45) is 5.92 Å². The van der Waals surface area contributed by atoms with Crippen LogP contribution in [0.4, 0.5) is 11.4 Å². The molecule has 3 heterocycles. The molecular formula is C28H38N4O4. The van der Waals surface area contributed by atoms with E-state index in [4.69, 9.17) is 14.2 Å². The summed E-state index contributed by atoms with van der Waals surface area (Å²) in [6.07, 6.45) is 1.70. The van der Waals surface area contributed by atoms with Crippen LogP contribution in [0.1, 0.15) is 12.0 Å². The Hall–Kier alpha value is -2.97. The number of ether oxygens (including phenoxy) is 3.